The van der Waals surface area contributed by atoms with Crippen molar-refractivity contribution in [3.05, 3.63) is 18.0 Å². The quantitative estimate of drug-likeness (QED) is 0.895. The van der Waals surface area contributed by atoms with Crippen molar-refractivity contribution in [3.63, 3.8) is 0 Å². The fourth-order valence-corrected chi connectivity index (χ4v) is 2.59. The molecule has 0 aromatic carbocycles. The zero-order valence-electron chi connectivity index (χ0n) is 12.8. The van der Waals surface area contributed by atoms with Gasteiger partial charge in [-0.05, 0) is 31.4 Å². The van der Waals surface area contributed by atoms with E-state index in [1.54, 1.807) is 4.90 Å². The summed E-state index contributed by atoms with van der Waals surface area (Å²) in [6.07, 6.45) is 5.31. The highest BCUT2D eigenvalue weighted by atomic mass is 16.2. The van der Waals surface area contributed by atoms with Crippen LogP contribution in [0.15, 0.2) is 12.3 Å². The molecule has 1 aliphatic rings. The van der Waals surface area contributed by atoms with Gasteiger partial charge < -0.3 is 10.2 Å². The second-order valence-corrected chi connectivity index (χ2v) is 5.88. The van der Waals surface area contributed by atoms with Gasteiger partial charge in [0.15, 0.2) is 0 Å². The highest BCUT2D eigenvalue weighted by Gasteiger charge is 2.20. The van der Waals surface area contributed by atoms with Gasteiger partial charge in [0.1, 0.15) is 5.69 Å². The number of nitrogens with zero attached hydrogens (tertiary/aromatic N) is 3. The lowest BCUT2D eigenvalue weighted by molar-refractivity contribution is 0.0767. The molecule has 1 saturated heterocycles. The number of aromatic nitrogens is 2. The van der Waals surface area contributed by atoms with Gasteiger partial charge in [-0.1, -0.05) is 20.3 Å². The van der Waals surface area contributed by atoms with Crippen molar-refractivity contribution in [3.8, 4) is 0 Å². The molecule has 20 heavy (non-hydrogen) atoms. The van der Waals surface area contributed by atoms with Crippen LogP contribution in [0.25, 0.3) is 0 Å². The van der Waals surface area contributed by atoms with Crippen molar-refractivity contribution in [2.45, 2.75) is 39.2 Å². The predicted octanol–water partition coefficient (Wildman–Crippen LogP) is 1.93. The third kappa shape index (κ3) is 3.60. The molecule has 0 spiro atoms. The summed E-state index contributed by atoms with van der Waals surface area (Å²) in [6.45, 7) is 7.12. The van der Waals surface area contributed by atoms with E-state index >= 15 is 0 Å². The third-order valence-corrected chi connectivity index (χ3v) is 4.10. The molecule has 2 rings (SSSR count). The lowest BCUT2D eigenvalue weighted by Crippen LogP contribution is -2.33. The highest BCUT2D eigenvalue weighted by Crippen LogP contribution is 2.16. The Bertz CT molecular complexity index is 437. The van der Waals surface area contributed by atoms with Crippen LogP contribution in [0, 0.1) is 5.92 Å². The van der Waals surface area contributed by atoms with Crippen LogP contribution >= 0.6 is 0 Å². The van der Waals surface area contributed by atoms with Crippen molar-refractivity contribution in [2.75, 3.05) is 26.7 Å². The minimum atomic E-state index is 0.0211. The molecule has 5 nitrogen and oxygen atoms in total. The summed E-state index contributed by atoms with van der Waals surface area (Å²) in [7, 11) is 1.86. The minimum Gasteiger partial charge on any atom is -0.340 e. The second-order valence-electron chi connectivity index (χ2n) is 5.88. The number of hydrogen-bond donors (Lipinski definition) is 1. The molecule has 2 atom stereocenters. The van der Waals surface area contributed by atoms with Crippen LogP contribution < -0.4 is 5.32 Å². The zero-order chi connectivity index (χ0) is 14.5. The first-order valence-corrected chi connectivity index (χ1v) is 7.63. The normalized spacial score (nSPS) is 20.6. The molecule has 0 aliphatic carbocycles. The Morgan fingerprint density at radius 1 is 1.65 bits per heavy atom. The van der Waals surface area contributed by atoms with Crippen LogP contribution in [0.1, 0.15) is 49.6 Å². The zero-order valence-corrected chi connectivity index (χ0v) is 12.8. The fourth-order valence-electron chi connectivity index (χ4n) is 2.59. The maximum absolute atomic E-state index is 12.3. The minimum absolute atomic E-state index is 0.0211. The summed E-state index contributed by atoms with van der Waals surface area (Å²) < 4.78 is 1.94. The van der Waals surface area contributed by atoms with Gasteiger partial charge in [0.2, 0.25) is 0 Å². The van der Waals surface area contributed by atoms with Gasteiger partial charge in [-0.2, -0.15) is 5.10 Å². The van der Waals surface area contributed by atoms with E-state index in [-0.39, 0.29) is 5.91 Å². The van der Waals surface area contributed by atoms with Crippen LogP contribution in [0.3, 0.4) is 0 Å². The second kappa shape index (κ2) is 6.88. The Hall–Kier alpha value is -1.36. The molecule has 2 unspecified atom stereocenters. The molecule has 1 aliphatic heterocycles. The summed E-state index contributed by atoms with van der Waals surface area (Å²) in [5, 5.41) is 7.85. The van der Waals surface area contributed by atoms with Gasteiger partial charge in [-0.15, -0.1) is 0 Å². The van der Waals surface area contributed by atoms with E-state index in [2.05, 4.69) is 24.3 Å². The molecule has 5 heteroatoms. The Balaban J connectivity index is 1.98. The van der Waals surface area contributed by atoms with Gasteiger partial charge in [0.05, 0.1) is 6.04 Å². The smallest absolute Gasteiger partial charge is 0.274 e. The summed E-state index contributed by atoms with van der Waals surface area (Å²) in [6, 6.07) is 2.22. The van der Waals surface area contributed by atoms with Crippen molar-refractivity contribution in [1.82, 2.24) is 20.0 Å². The van der Waals surface area contributed by atoms with Gasteiger partial charge in [0.25, 0.3) is 5.91 Å². The van der Waals surface area contributed by atoms with Crippen molar-refractivity contribution in [1.29, 1.82) is 0 Å². The Morgan fingerprint density at radius 3 is 3.10 bits per heavy atom. The molecule has 2 heterocycles. The lowest BCUT2D eigenvalue weighted by atomic mass is 10.1. The van der Waals surface area contributed by atoms with E-state index in [1.165, 1.54) is 6.42 Å². The first-order chi connectivity index (χ1) is 9.61. The molecule has 0 bridgehead atoms. The Kier molecular flexibility index (Phi) is 5.17. The molecule has 1 aromatic rings. The number of hydrogen-bond acceptors (Lipinski definition) is 3. The Labute approximate surface area is 121 Å². The average Bonchev–Trinajstić information content (AvgIpc) is 2.97. The van der Waals surface area contributed by atoms with E-state index in [1.807, 2.05) is 24.0 Å². The largest absolute Gasteiger partial charge is 0.340 e. The standard InChI is InChI=1S/C15H26N4O/c1-4-12(2)11-18(3)15(20)14-7-9-19(17-14)13-6-5-8-16-10-13/h7,9,12-13,16H,4-6,8,10-11H2,1-3H3. The SMILES string of the molecule is CCC(C)CN(C)C(=O)c1ccn(C2CCCNC2)n1. The molecular weight excluding hydrogens is 252 g/mol. The van der Waals surface area contributed by atoms with Crippen molar-refractivity contribution >= 4 is 5.91 Å². The Morgan fingerprint density at radius 2 is 2.45 bits per heavy atom. The van der Waals surface area contributed by atoms with Crippen LogP contribution in [0.4, 0.5) is 0 Å². The molecular formula is C15H26N4O. The van der Waals surface area contributed by atoms with Gasteiger partial charge in [-0.25, -0.2) is 0 Å². The maximum Gasteiger partial charge on any atom is 0.274 e. The summed E-state index contributed by atoms with van der Waals surface area (Å²) in [5.74, 6) is 0.543. The molecule has 1 amide bonds. The number of rotatable bonds is 5. The predicted molar refractivity (Wildman–Crippen MR) is 79.8 cm³/mol. The number of amides is 1. The van der Waals surface area contributed by atoms with E-state index in [0.29, 0.717) is 17.7 Å². The summed E-state index contributed by atoms with van der Waals surface area (Å²) in [4.78, 5) is 14.1. The fraction of sp³-hybridized carbons (Fsp3) is 0.733. The molecule has 0 saturated carbocycles. The number of carbonyl (C=O) groups is 1. The monoisotopic (exact) mass is 278 g/mol. The maximum atomic E-state index is 12.3. The summed E-state index contributed by atoms with van der Waals surface area (Å²) >= 11 is 0. The number of nitrogens with one attached hydrogen (secondary N) is 1. The van der Waals surface area contributed by atoms with E-state index < -0.39 is 0 Å². The van der Waals surface area contributed by atoms with E-state index in [9.17, 15) is 4.79 Å². The van der Waals surface area contributed by atoms with Crippen LogP contribution in [0.2, 0.25) is 0 Å². The van der Waals surface area contributed by atoms with Crippen LogP contribution in [-0.2, 0) is 0 Å². The van der Waals surface area contributed by atoms with Gasteiger partial charge >= 0.3 is 0 Å². The first-order valence-electron chi connectivity index (χ1n) is 7.63. The third-order valence-electron chi connectivity index (χ3n) is 4.10. The summed E-state index contributed by atoms with van der Waals surface area (Å²) in [5.41, 5.74) is 0.557. The topological polar surface area (TPSA) is 50.2 Å². The van der Waals surface area contributed by atoms with Crippen LogP contribution in [-0.4, -0.2) is 47.3 Å². The number of piperidine rings is 1. The molecule has 1 N–H and O–H groups in total. The molecule has 1 fully saturated rings. The van der Waals surface area contributed by atoms with Gasteiger partial charge in [0, 0.05) is 26.3 Å². The lowest BCUT2D eigenvalue weighted by Gasteiger charge is -2.23. The van der Waals surface area contributed by atoms with E-state index in [4.69, 9.17) is 0 Å². The molecule has 1 aromatic heterocycles. The molecule has 0 radical (unpaired) electrons. The first kappa shape index (κ1) is 15.0. The highest BCUT2D eigenvalue weighted by molar-refractivity contribution is 5.92. The average molecular weight is 278 g/mol. The number of carbonyl (C=O) groups excluding carboxylic acids is 1. The molecule has 112 valence electrons. The van der Waals surface area contributed by atoms with E-state index in [0.717, 1.165) is 32.5 Å². The van der Waals surface area contributed by atoms with Gasteiger partial charge in [-0.3, -0.25) is 9.48 Å². The van der Waals surface area contributed by atoms with Crippen molar-refractivity contribution < 1.29 is 4.79 Å². The van der Waals surface area contributed by atoms with Crippen molar-refractivity contribution in [2.24, 2.45) is 5.92 Å². The van der Waals surface area contributed by atoms with Crippen LogP contribution in [0.5, 0.6) is 0 Å².